The Balaban J connectivity index is 2.17. The maximum Gasteiger partial charge on any atom is 0.0677 e. The first kappa shape index (κ1) is 12.3. The molecule has 1 fully saturated rings. The molecule has 0 aliphatic heterocycles. The molecule has 1 aromatic rings. The van der Waals surface area contributed by atoms with Crippen LogP contribution in [0, 0.1) is 24.2 Å². The van der Waals surface area contributed by atoms with Gasteiger partial charge in [-0.2, -0.15) is 5.26 Å². The molecular formula is C14H17ClN2. The highest BCUT2D eigenvalue weighted by Crippen LogP contribution is 2.31. The predicted molar refractivity (Wildman–Crippen MR) is 71.2 cm³/mol. The van der Waals surface area contributed by atoms with Crippen molar-refractivity contribution in [3.8, 4) is 6.07 Å². The van der Waals surface area contributed by atoms with Gasteiger partial charge in [-0.3, -0.25) is 0 Å². The van der Waals surface area contributed by atoms with Crippen molar-refractivity contribution in [3.05, 3.63) is 28.8 Å². The first-order valence-electron chi connectivity index (χ1n) is 6.13. The molecule has 0 saturated heterocycles. The quantitative estimate of drug-likeness (QED) is 0.854. The van der Waals surface area contributed by atoms with E-state index in [1.54, 1.807) is 0 Å². The normalized spacial score (nSPS) is 24.1. The van der Waals surface area contributed by atoms with Gasteiger partial charge in [-0.15, -0.1) is 0 Å². The van der Waals surface area contributed by atoms with E-state index in [4.69, 9.17) is 16.9 Å². The molecular weight excluding hydrogens is 232 g/mol. The van der Waals surface area contributed by atoms with Crippen molar-refractivity contribution in [1.29, 1.82) is 5.26 Å². The zero-order chi connectivity index (χ0) is 12.3. The number of hydrogen-bond donors (Lipinski definition) is 1. The van der Waals surface area contributed by atoms with Gasteiger partial charge in [0.05, 0.1) is 22.7 Å². The molecule has 2 unspecified atom stereocenters. The first-order valence-corrected chi connectivity index (χ1v) is 6.51. The van der Waals surface area contributed by atoms with Crippen molar-refractivity contribution in [2.75, 3.05) is 5.32 Å². The second-order valence-corrected chi connectivity index (χ2v) is 5.11. The summed E-state index contributed by atoms with van der Waals surface area (Å²) in [5.41, 5.74) is 2.13. The van der Waals surface area contributed by atoms with Crippen molar-refractivity contribution in [2.45, 2.75) is 38.6 Å². The van der Waals surface area contributed by atoms with Gasteiger partial charge in [-0.05, 0) is 31.4 Å². The number of anilines is 1. The van der Waals surface area contributed by atoms with Crippen LogP contribution in [0.2, 0.25) is 5.02 Å². The van der Waals surface area contributed by atoms with Crippen molar-refractivity contribution in [3.63, 3.8) is 0 Å². The van der Waals surface area contributed by atoms with Gasteiger partial charge in [0.25, 0.3) is 0 Å². The average Bonchev–Trinajstić information content (AvgIpc) is 2.34. The van der Waals surface area contributed by atoms with Crippen LogP contribution in [0.4, 0.5) is 5.69 Å². The maximum atomic E-state index is 9.16. The third kappa shape index (κ3) is 2.73. The zero-order valence-electron chi connectivity index (χ0n) is 10.0. The molecule has 1 aromatic carbocycles. The Labute approximate surface area is 108 Å². The molecule has 1 saturated carbocycles. The van der Waals surface area contributed by atoms with Crippen LogP contribution in [-0.4, -0.2) is 6.04 Å². The number of rotatable bonds is 2. The van der Waals surface area contributed by atoms with Crippen molar-refractivity contribution in [1.82, 2.24) is 0 Å². The Morgan fingerprint density at radius 1 is 1.35 bits per heavy atom. The number of halogens is 1. The molecule has 17 heavy (non-hydrogen) atoms. The lowest BCUT2D eigenvalue weighted by Gasteiger charge is -2.29. The lowest BCUT2D eigenvalue weighted by atomic mass is 9.85. The minimum absolute atomic E-state index is 0.111. The Hall–Kier alpha value is -1.20. The smallest absolute Gasteiger partial charge is 0.0677 e. The third-order valence-corrected chi connectivity index (χ3v) is 3.80. The minimum Gasteiger partial charge on any atom is -0.380 e. The second-order valence-electron chi connectivity index (χ2n) is 4.70. The fourth-order valence-electron chi connectivity index (χ4n) is 2.46. The number of hydrogen-bond acceptors (Lipinski definition) is 2. The molecule has 3 heteroatoms. The highest BCUT2D eigenvalue weighted by atomic mass is 35.5. The molecule has 0 bridgehead atoms. The standard InChI is InChI=1S/C14H17ClN2/c1-10-5-4-7-12(15)14(10)17-13-8-3-2-6-11(13)9-16/h4-5,7,11,13,17H,2-3,6,8H2,1H3. The highest BCUT2D eigenvalue weighted by Gasteiger charge is 2.25. The topological polar surface area (TPSA) is 35.8 Å². The molecule has 1 aliphatic rings. The van der Waals surface area contributed by atoms with E-state index in [0.29, 0.717) is 0 Å². The monoisotopic (exact) mass is 248 g/mol. The van der Waals surface area contributed by atoms with Gasteiger partial charge in [0.1, 0.15) is 0 Å². The summed E-state index contributed by atoms with van der Waals surface area (Å²) in [6.07, 6.45) is 4.41. The summed E-state index contributed by atoms with van der Waals surface area (Å²) in [5.74, 6) is 0.111. The summed E-state index contributed by atoms with van der Waals surface area (Å²) < 4.78 is 0. The zero-order valence-corrected chi connectivity index (χ0v) is 10.8. The molecule has 90 valence electrons. The molecule has 2 nitrogen and oxygen atoms in total. The van der Waals surface area contributed by atoms with Gasteiger partial charge < -0.3 is 5.32 Å². The fourth-order valence-corrected chi connectivity index (χ4v) is 2.73. The van der Waals surface area contributed by atoms with E-state index in [1.807, 2.05) is 25.1 Å². The van der Waals surface area contributed by atoms with Crippen LogP contribution in [0.3, 0.4) is 0 Å². The number of para-hydroxylation sites is 1. The SMILES string of the molecule is Cc1cccc(Cl)c1NC1CCCCC1C#N. The van der Waals surface area contributed by atoms with Crippen LogP contribution in [0.25, 0.3) is 0 Å². The van der Waals surface area contributed by atoms with E-state index in [1.165, 1.54) is 6.42 Å². The molecule has 2 atom stereocenters. The molecule has 0 aromatic heterocycles. The summed E-state index contributed by atoms with van der Waals surface area (Å²) in [4.78, 5) is 0. The maximum absolute atomic E-state index is 9.16. The third-order valence-electron chi connectivity index (χ3n) is 3.48. The summed E-state index contributed by atoms with van der Waals surface area (Å²) in [5, 5.41) is 13.4. The number of nitrogens with zero attached hydrogens (tertiary/aromatic N) is 1. The Morgan fingerprint density at radius 3 is 2.82 bits per heavy atom. The van der Waals surface area contributed by atoms with Crippen LogP contribution < -0.4 is 5.32 Å². The van der Waals surface area contributed by atoms with E-state index in [2.05, 4.69) is 11.4 Å². The van der Waals surface area contributed by atoms with Crippen LogP contribution in [0.15, 0.2) is 18.2 Å². The minimum atomic E-state index is 0.111. The molecule has 2 rings (SSSR count). The molecule has 0 amide bonds. The number of benzene rings is 1. The molecule has 0 spiro atoms. The van der Waals surface area contributed by atoms with Crippen molar-refractivity contribution in [2.24, 2.45) is 5.92 Å². The van der Waals surface area contributed by atoms with E-state index in [-0.39, 0.29) is 12.0 Å². The van der Waals surface area contributed by atoms with Crippen molar-refractivity contribution < 1.29 is 0 Å². The highest BCUT2D eigenvalue weighted by molar-refractivity contribution is 6.33. The summed E-state index contributed by atoms with van der Waals surface area (Å²) >= 11 is 6.19. The summed E-state index contributed by atoms with van der Waals surface area (Å²) in [6.45, 7) is 2.04. The number of nitriles is 1. The van der Waals surface area contributed by atoms with Crippen molar-refractivity contribution >= 4 is 17.3 Å². The van der Waals surface area contributed by atoms with E-state index >= 15 is 0 Å². The molecule has 1 aliphatic carbocycles. The van der Waals surface area contributed by atoms with Crippen LogP contribution in [0.1, 0.15) is 31.2 Å². The second kappa shape index (κ2) is 5.42. The Bertz CT molecular complexity index is 416. The van der Waals surface area contributed by atoms with Gasteiger partial charge in [0.15, 0.2) is 0 Å². The Morgan fingerprint density at radius 2 is 2.12 bits per heavy atom. The lowest BCUT2D eigenvalue weighted by Crippen LogP contribution is -2.31. The van der Waals surface area contributed by atoms with Crippen LogP contribution in [0.5, 0.6) is 0 Å². The van der Waals surface area contributed by atoms with Crippen LogP contribution >= 0.6 is 11.6 Å². The van der Waals surface area contributed by atoms with Gasteiger partial charge in [0.2, 0.25) is 0 Å². The van der Waals surface area contributed by atoms with Gasteiger partial charge in [0, 0.05) is 6.04 Å². The predicted octanol–water partition coefficient (Wildman–Crippen LogP) is 4.14. The lowest BCUT2D eigenvalue weighted by molar-refractivity contribution is 0.388. The van der Waals surface area contributed by atoms with Crippen LogP contribution in [-0.2, 0) is 0 Å². The summed E-state index contributed by atoms with van der Waals surface area (Å²) in [6, 6.07) is 8.53. The fraction of sp³-hybridized carbons (Fsp3) is 0.500. The van der Waals surface area contributed by atoms with E-state index in [9.17, 15) is 0 Å². The average molecular weight is 249 g/mol. The van der Waals surface area contributed by atoms with Gasteiger partial charge in [-0.1, -0.05) is 36.6 Å². The Kier molecular flexibility index (Phi) is 3.91. The molecule has 0 heterocycles. The number of nitrogens with one attached hydrogen (secondary N) is 1. The largest absolute Gasteiger partial charge is 0.380 e. The molecule has 0 radical (unpaired) electrons. The summed E-state index contributed by atoms with van der Waals surface area (Å²) in [7, 11) is 0. The molecule has 1 N–H and O–H groups in total. The van der Waals surface area contributed by atoms with Gasteiger partial charge >= 0.3 is 0 Å². The van der Waals surface area contributed by atoms with E-state index in [0.717, 1.165) is 35.5 Å². The van der Waals surface area contributed by atoms with E-state index < -0.39 is 0 Å². The first-order chi connectivity index (χ1) is 8.22. The number of aryl methyl sites for hydroxylation is 1. The van der Waals surface area contributed by atoms with Gasteiger partial charge in [-0.25, -0.2) is 0 Å².